The Morgan fingerprint density at radius 1 is 0.903 bits per heavy atom. The molecule has 0 aliphatic carbocycles. The quantitative estimate of drug-likeness (QED) is 0.569. The number of amides is 1. The van der Waals surface area contributed by atoms with E-state index in [1.165, 1.54) is 24.3 Å². The van der Waals surface area contributed by atoms with Gasteiger partial charge in [0, 0.05) is 0 Å². The predicted octanol–water partition coefficient (Wildman–Crippen LogP) is 4.28. The van der Waals surface area contributed by atoms with E-state index in [2.05, 4.69) is 5.32 Å². The summed E-state index contributed by atoms with van der Waals surface area (Å²) in [6.07, 6.45) is 1.28. The fraction of sp³-hybridized carbons (Fsp3) is 0.208. The first-order chi connectivity index (χ1) is 14.8. The molecule has 0 heterocycles. The van der Waals surface area contributed by atoms with Crippen LogP contribution in [0.2, 0.25) is 0 Å². The number of anilines is 1. The number of nitrogens with zero attached hydrogens (tertiary/aromatic N) is 1. The minimum absolute atomic E-state index is 0.238. The van der Waals surface area contributed by atoms with Gasteiger partial charge in [-0.25, -0.2) is 12.8 Å². The maximum Gasteiger partial charge on any atom is 0.244 e. The molecule has 5 nitrogen and oxygen atoms in total. The van der Waals surface area contributed by atoms with Crippen molar-refractivity contribution >= 4 is 21.6 Å². The second-order valence-corrected chi connectivity index (χ2v) is 9.08. The highest BCUT2D eigenvalue weighted by molar-refractivity contribution is 7.92. The summed E-state index contributed by atoms with van der Waals surface area (Å²) in [6, 6.07) is 22.6. The van der Waals surface area contributed by atoms with Crippen LogP contribution in [-0.4, -0.2) is 26.6 Å². The fourth-order valence-electron chi connectivity index (χ4n) is 3.54. The van der Waals surface area contributed by atoms with Crippen molar-refractivity contribution in [1.82, 2.24) is 5.32 Å². The maximum absolute atomic E-state index is 13.4. The lowest BCUT2D eigenvalue weighted by Crippen LogP contribution is -2.50. The third-order valence-corrected chi connectivity index (χ3v) is 6.14. The van der Waals surface area contributed by atoms with Crippen molar-refractivity contribution in [1.29, 1.82) is 0 Å². The Morgan fingerprint density at radius 2 is 1.39 bits per heavy atom. The first-order valence-electron chi connectivity index (χ1n) is 9.96. The molecule has 0 saturated carbocycles. The molecule has 7 heteroatoms. The van der Waals surface area contributed by atoms with Crippen molar-refractivity contribution < 1.29 is 17.6 Å². The van der Waals surface area contributed by atoms with E-state index < -0.39 is 33.8 Å². The first-order valence-corrected chi connectivity index (χ1v) is 11.8. The lowest BCUT2D eigenvalue weighted by molar-refractivity contribution is -0.122. The molecular weight excluding hydrogens is 415 g/mol. The van der Waals surface area contributed by atoms with Gasteiger partial charge in [0.05, 0.1) is 18.0 Å². The Hall–Kier alpha value is -3.19. The lowest BCUT2D eigenvalue weighted by Gasteiger charge is -2.31. The molecule has 0 saturated heterocycles. The number of hydrogen-bond acceptors (Lipinski definition) is 3. The molecule has 3 aromatic carbocycles. The number of carbonyl (C=O) groups excluding carboxylic acids is 1. The van der Waals surface area contributed by atoms with Gasteiger partial charge in [0.2, 0.25) is 15.9 Å². The summed E-state index contributed by atoms with van der Waals surface area (Å²) in [4.78, 5) is 13.4. The van der Waals surface area contributed by atoms with Crippen molar-refractivity contribution in [3.63, 3.8) is 0 Å². The molecule has 0 bridgehead atoms. The van der Waals surface area contributed by atoms with E-state index in [4.69, 9.17) is 0 Å². The van der Waals surface area contributed by atoms with Gasteiger partial charge in [-0.1, -0.05) is 67.6 Å². The molecule has 1 N–H and O–H groups in total. The van der Waals surface area contributed by atoms with Crippen LogP contribution in [0.5, 0.6) is 0 Å². The average molecular weight is 441 g/mol. The minimum Gasteiger partial charge on any atom is -0.343 e. The van der Waals surface area contributed by atoms with Crippen LogP contribution in [0.1, 0.15) is 30.5 Å². The normalized spacial score (nSPS) is 12.4. The SMILES string of the molecule is CCC(C(=O)NC(c1ccccc1)c1ccccc1)N(c1ccc(F)cc1)S(C)(=O)=O. The van der Waals surface area contributed by atoms with Crippen LogP contribution < -0.4 is 9.62 Å². The zero-order chi connectivity index (χ0) is 22.4. The number of rotatable bonds is 8. The molecular formula is C24H25FN2O3S. The number of nitrogens with one attached hydrogen (secondary N) is 1. The van der Waals surface area contributed by atoms with Crippen LogP contribution in [0.25, 0.3) is 0 Å². The van der Waals surface area contributed by atoms with E-state index in [-0.39, 0.29) is 12.1 Å². The zero-order valence-electron chi connectivity index (χ0n) is 17.4. The van der Waals surface area contributed by atoms with Gasteiger partial charge in [-0.05, 0) is 41.8 Å². The highest BCUT2D eigenvalue weighted by Gasteiger charge is 2.33. The average Bonchev–Trinajstić information content (AvgIpc) is 2.77. The van der Waals surface area contributed by atoms with Crippen molar-refractivity contribution in [3.05, 3.63) is 102 Å². The monoisotopic (exact) mass is 440 g/mol. The molecule has 3 rings (SSSR count). The van der Waals surface area contributed by atoms with Crippen LogP contribution in [0.3, 0.4) is 0 Å². The molecule has 0 spiro atoms. The molecule has 1 unspecified atom stereocenters. The molecule has 0 aliphatic heterocycles. The molecule has 1 atom stereocenters. The van der Waals surface area contributed by atoms with Gasteiger partial charge in [0.15, 0.2) is 0 Å². The summed E-state index contributed by atoms with van der Waals surface area (Å²) >= 11 is 0. The second kappa shape index (κ2) is 9.75. The Kier molecular flexibility index (Phi) is 7.07. The Morgan fingerprint density at radius 3 is 1.81 bits per heavy atom. The smallest absolute Gasteiger partial charge is 0.244 e. The van der Waals surface area contributed by atoms with Gasteiger partial charge in [0.1, 0.15) is 11.9 Å². The van der Waals surface area contributed by atoms with Crippen molar-refractivity contribution in [2.75, 3.05) is 10.6 Å². The van der Waals surface area contributed by atoms with Gasteiger partial charge in [-0.3, -0.25) is 9.10 Å². The van der Waals surface area contributed by atoms with E-state index >= 15 is 0 Å². The van der Waals surface area contributed by atoms with Crippen LogP contribution in [0.15, 0.2) is 84.9 Å². The van der Waals surface area contributed by atoms with E-state index in [0.717, 1.165) is 21.7 Å². The fourth-order valence-corrected chi connectivity index (χ4v) is 4.75. The zero-order valence-corrected chi connectivity index (χ0v) is 18.2. The summed E-state index contributed by atoms with van der Waals surface area (Å²) in [7, 11) is -3.80. The molecule has 1 amide bonds. The highest BCUT2D eigenvalue weighted by Crippen LogP contribution is 2.26. The van der Waals surface area contributed by atoms with E-state index in [1.807, 2.05) is 60.7 Å². The van der Waals surface area contributed by atoms with E-state index in [1.54, 1.807) is 6.92 Å². The Balaban J connectivity index is 1.97. The van der Waals surface area contributed by atoms with Gasteiger partial charge >= 0.3 is 0 Å². The van der Waals surface area contributed by atoms with Crippen LogP contribution in [0, 0.1) is 5.82 Å². The first kappa shape index (κ1) is 22.5. The summed E-state index contributed by atoms with van der Waals surface area (Å²) < 4.78 is 39.6. The van der Waals surface area contributed by atoms with Crippen molar-refractivity contribution in [2.24, 2.45) is 0 Å². The van der Waals surface area contributed by atoms with Crippen molar-refractivity contribution in [3.8, 4) is 0 Å². The van der Waals surface area contributed by atoms with Gasteiger partial charge in [-0.15, -0.1) is 0 Å². The van der Waals surface area contributed by atoms with E-state index in [0.29, 0.717) is 0 Å². The number of sulfonamides is 1. The molecule has 162 valence electrons. The third-order valence-electron chi connectivity index (χ3n) is 4.96. The summed E-state index contributed by atoms with van der Waals surface area (Å²) in [5.41, 5.74) is 2.00. The molecule has 3 aromatic rings. The Bertz CT molecular complexity index is 1070. The van der Waals surface area contributed by atoms with Gasteiger partial charge < -0.3 is 5.32 Å². The third kappa shape index (κ3) is 5.49. The number of benzene rings is 3. The molecule has 0 radical (unpaired) electrons. The molecule has 0 fully saturated rings. The standard InChI is InChI=1S/C24H25FN2O3S/c1-3-22(27(31(2,29)30)21-16-14-20(25)15-17-21)24(28)26-23(18-10-6-4-7-11-18)19-12-8-5-9-13-19/h4-17,22-23H,3H2,1-2H3,(H,26,28). The molecule has 31 heavy (non-hydrogen) atoms. The Labute approximate surface area is 182 Å². The predicted molar refractivity (Wildman–Crippen MR) is 121 cm³/mol. The minimum atomic E-state index is -3.80. The largest absolute Gasteiger partial charge is 0.343 e. The van der Waals surface area contributed by atoms with Crippen LogP contribution in [-0.2, 0) is 14.8 Å². The number of halogens is 1. The second-order valence-electron chi connectivity index (χ2n) is 7.22. The highest BCUT2D eigenvalue weighted by atomic mass is 32.2. The number of carbonyl (C=O) groups is 1. The molecule has 0 aromatic heterocycles. The van der Waals surface area contributed by atoms with Crippen LogP contribution in [0.4, 0.5) is 10.1 Å². The number of hydrogen-bond donors (Lipinski definition) is 1. The van der Waals surface area contributed by atoms with E-state index in [9.17, 15) is 17.6 Å². The summed E-state index contributed by atoms with van der Waals surface area (Å²) in [6.45, 7) is 1.74. The summed E-state index contributed by atoms with van der Waals surface area (Å²) in [5.74, 6) is -0.919. The van der Waals surface area contributed by atoms with Gasteiger partial charge in [-0.2, -0.15) is 0 Å². The summed E-state index contributed by atoms with van der Waals surface area (Å²) in [5, 5.41) is 3.02. The topological polar surface area (TPSA) is 66.5 Å². The van der Waals surface area contributed by atoms with Crippen LogP contribution >= 0.6 is 0 Å². The van der Waals surface area contributed by atoms with Crippen molar-refractivity contribution in [2.45, 2.75) is 25.4 Å². The molecule has 0 aliphatic rings. The maximum atomic E-state index is 13.4. The lowest BCUT2D eigenvalue weighted by atomic mass is 9.98. The van der Waals surface area contributed by atoms with Gasteiger partial charge in [0.25, 0.3) is 0 Å².